The summed E-state index contributed by atoms with van der Waals surface area (Å²) in [6.45, 7) is 6.66. The van der Waals surface area contributed by atoms with Crippen molar-refractivity contribution >= 4 is 5.84 Å². The van der Waals surface area contributed by atoms with Crippen molar-refractivity contribution in [3.05, 3.63) is 11.9 Å². The summed E-state index contributed by atoms with van der Waals surface area (Å²) >= 11 is 0. The van der Waals surface area contributed by atoms with Gasteiger partial charge in [-0.2, -0.15) is 0 Å². The first-order chi connectivity index (χ1) is 7.27. The summed E-state index contributed by atoms with van der Waals surface area (Å²) in [6.07, 6.45) is 1.84. The van der Waals surface area contributed by atoms with Crippen LogP contribution in [0.3, 0.4) is 0 Å². The van der Waals surface area contributed by atoms with E-state index in [2.05, 4.69) is 20.9 Å². The molecule has 1 aliphatic heterocycles. The predicted octanol–water partition coefficient (Wildman–Crippen LogP) is -0.461. The molecule has 1 fully saturated rings. The Balaban J connectivity index is 2.50. The van der Waals surface area contributed by atoms with Crippen molar-refractivity contribution in [2.75, 3.05) is 39.8 Å². The van der Waals surface area contributed by atoms with Crippen molar-refractivity contribution in [1.29, 1.82) is 5.41 Å². The zero-order chi connectivity index (χ0) is 11.1. The van der Waals surface area contributed by atoms with Crippen LogP contribution in [0.15, 0.2) is 11.9 Å². The van der Waals surface area contributed by atoms with E-state index in [-0.39, 0.29) is 0 Å². The second kappa shape index (κ2) is 6.29. The maximum atomic E-state index is 7.94. The Bertz CT molecular complexity index is 230. The first-order valence-electron chi connectivity index (χ1n) is 5.45. The van der Waals surface area contributed by atoms with Crippen LogP contribution in [0.25, 0.3) is 0 Å². The van der Waals surface area contributed by atoms with Gasteiger partial charge in [0.15, 0.2) is 0 Å². The van der Waals surface area contributed by atoms with Crippen LogP contribution < -0.4 is 16.0 Å². The topological polar surface area (TPSA) is 63.2 Å². The van der Waals surface area contributed by atoms with Gasteiger partial charge in [0.25, 0.3) is 0 Å². The third-order valence-electron chi connectivity index (χ3n) is 2.38. The van der Waals surface area contributed by atoms with Crippen LogP contribution in [0.5, 0.6) is 0 Å². The molecule has 0 spiro atoms. The Morgan fingerprint density at radius 3 is 2.67 bits per heavy atom. The third kappa shape index (κ3) is 3.79. The van der Waals surface area contributed by atoms with Crippen LogP contribution >= 0.6 is 0 Å². The summed E-state index contributed by atoms with van der Waals surface area (Å²) in [6, 6.07) is 0. The summed E-state index contributed by atoms with van der Waals surface area (Å²) in [7, 11) is 1.86. The van der Waals surface area contributed by atoms with E-state index in [4.69, 9.17) is 5.41 Å². The Morgan fingerprint density at radius 1 is 1.47 bits per heavy atom. The number of hydrogen-bond acceptors (Lipinski definition) is 4. The fourth-order valence-corrected chi connectivity index (χ4v) is 1.54. The minimum atomic E-state index is 0.571. The molecule has 0 atom stereocenters. The van der Waals surface area contributed by atoms with Crippen molar-refractivity contribution in [2.45, 2.75) is 6.92 Å². The van der Waals surface area contributed by atoms with Crippen molar-refractivity contribution in [3.8, 4) is 0 Å². The van der Waals surface area contributed by atoms with Crippen LogP contribution in [0.4, 0.5) is 0 Å². The van der Waals surface area contributed by atoms with Gasteiger partial charge >= 0.3 is 0 Å². The van der Waals surface area contributed by atoms with Gasteiger partial charge < -0.3 is 20.9 Å². The van der Waals surface area contributed by atoms with Crippen molar-refractivity contribution in [1.82, 2.24) is 20.9 Å². The van der Waals surface area contributed by atoms with Crippen LogP contribution in [-0.2, 0) is 0 Å². The van der Waals surface area contributed by atoms with E-state index in [9.17, 15) is 0 Å². The monoisotopic (exact) mass is 211 g/mol. The molecule has 86 valence electrons. The van der Waals surface area contributed by atoms with Gasteiger partial charge in [-0.1, -0.05) is 0 Å². The SMILES string of the molecule is CCNC(=CC(=N)N1CCNCC1)NC. The highest BCUT2D eigenvalue weighted by molar-refractivity contribution is 5.90. The molecule has 0 saturated carbocycles. The van der Waals surface area contributed by atoms with Gasteiger partial charge in [0.05, 0.1) is 0 Å². The van der Waals surface area contributed by atoms with Crippen LogP contribution in [0, 0.1) is 5.41 Å². The second-order valence-electron chi connectivity index (χ2n) is 3.46. The molecule has 0 aromatic heterocycles. The van der Waals surface area contributed by atoms with Gasteiger partial charge in [-0.25, -0.2) is 0 Å². The van der Waals surface area contributed by atoms with E-state index < -0.39 is 0 Å². The lowest BCUT2D eigenvalue weighted by Crippen LogP contribution is -2.46. The average Bonchev–Trinajstić information content (AvgIpc) is 2.29. The minimum absolute atomic E-state index is 0.571. The molecule has 5 heteroatoms. The van der Waals surface area contributed by atoms with Gasteiger partial charge in [0.2, 0.25) is 0 Å². The summed E-state index contributed by atoms with van der Waals surface area (Å²) < 4.78 is 0. The van der Waals surface area contributed by atoms with Gasteiger partial charge in [-0.15, -0.1) is 0 Å². The molecular formula is C10H21N5. The molecular weight excluding hydrogens is 190 g/mol. The number of hydrogen-bond donors (Lipinski definition) is 4. The van der Waals surface area contributed by atoms with Gasteiger partial charge in [0.1, 0.15) is 11.7 Å². The van der Waals surface area contributed by atoms with Crippen molar-refractivity contribution in [3.63, 3.8) is 0 Å². The highest BCUT2D eigenvalue weighted by atomic mass is 15.2. The van der Waals surface area contributed by atoms with Gasteiger partial charge in [-0.05, 0) is 6.92 Å². The number of nitrogens with zero attached hydrogens (tertiary/aromatic N) is 1. The molecule has 1 saturated heterocycles. The maximum Gasteiger partial charge on any atom is 0.124 e. The average molecular weight is 211 g/mol. The Kier molecular flexibility index (Phi) is 4.97. The Labute approximate surface area is 91.4 Å². The standard InChI is InChI=1S/C10H21N5/c1-3-14-10(12-2)8-9(11)15-6-4-13-5-7-15/h8,11-14H,3-7H2,1-2H3. The molecule has 0 amide bonds. The molecule has 0 radical (unpaired) electrons. The van der Waals surface area contributed by atoms with E-state index in [0.29, 0.717) is 5.84 Å². The fourth-order valence-electron chi connectivity index (χ4n) is 1.54. The number of nitrogens with one attached hydrogen (secondary N) is 4. The summed E-state index contributed by atoms with van der Waals surface area (Å²) in [5.74, 6) is 1.47. The fraction of sp³-hybridized carbons (Fsp3) is 0.700. The normalized spacial score (nSPS) is 17.5. The molecule has 15 heavy (non-hydrogen) atoms. The number of piperazine rings is 1. The van der Waals surface area contributed by atoms with Crippen LogP contribution in [0.1, 0.15) is 6.92 Å². The van der Waals surface area contributed by atoms with Gasteiger partial charge in [-0.3, -0.25) is 5.41 Å². The van der Waals surface area contributed by atoms with E-state index in [1.54, 1.807) is 0 Å². The van der Waals surface area contributed by atoms with Crippen molar-refractivity contribution < 1.29 is 0 Å². The summed E-state index contributed by atoms with van der Waals surface area (Å²) in [5, 5.41) is 17.4. The molecule has 0 bridgehead atoms. The van der Waals surface area contributed by atoms with E-state index in [1.165, 1.54) is 0 Å². The number of rotatable bonds is 4. The zero-order valence-corrected chi connectivity index (χ0v) is 9.56. The Morgan fingerprint density at radius 2 is 2.13 bits per heavy atom. The minimum Gasteiger partial charge on any atom is -0.375 e. The smallest absolute Gasteiger partial charge is 0.124 e. The predicted molar refractivity (Wildman–Crippen MR) is 63.0 cm³/mol. The highest BCUT2D eigenvalue weighted by Crippen LogP contribution is 1.96. The maximum absolute atomic E-state index is 7.94. The van der Waals surface area contributed by atoms with Crippen molar-refractivity contribution in [2.24, 2.45) is 0 Å². The summed E-state index contributed by atoms with van der Waals surface area (Å²) in [4.78, 5) is 2.07. The lowest BCUT2D eigenvalue weighted by molar-refractivity contribution is 0.357. The zero-order valence-electron chi connectivity index (χ0n) is 9.56. The van der Waals surface area contributed by atoms with E-state index in [0.717, 1.165) is 38.5 Å². The molecule has 4 N–H and O–H groups in total. The lowest BCUT2D eigenvalue weighted by atomic mass is 10.3. The first kappa shape index (κ1) is 11.8. The molecule has 1 aliphatic rings. The molecule has 1 heterocycles. The van der Waals surface area contributed by atoms with Crippen LogP contribution in [-0.4, -0.2) is 50.5 Å². The highest BCUT2D eigenvalue weighted by Gasteiger charge is 2.11. The summed E-state index contributed by atoms with van der Waals surface area (Å²) in [5.41, 5.74) is 0. The Hall–Kier alpha value is -1.23. The number of amidine groups is 1. The molecule has 1 rings (SSSR count). The molecule has 0 aliphatic carbocycles. The first-order valence-corrected chi connectivity index (χ1v) is 5.45. The van der Waals surface area contributed by atoms with E-state index >= 15 is 0 Å². The second-order valence-corrected chi connectivity index (χ2v) is 3.46. The molecule has 0 unspecified atom stereocenters. The molecule has 0 aromatic carbocycles. The lowest BCUT2D eigenvalue weighted by Gasteiger charge is -2.28. The largest absolute Gasteiger partial charge is 0.375 e. The molecule has 0 aromatic rings. The quantitative estimate of drug-likeness (QED) is 0.375. The van der Waals surface area contributed by atoms with Gasteiger partial charge in [0, 0.05) is 45.8 Å². The third-order valence-corrected chi connectivity index (χ3v) is 2.38. The van der Waals surface area contributed by atoms with Crippen LogP contribution in [0.2, 0.25) is 0 Å². The molecule has 5 nitrogen and oxygen atoms in total. The van der Waals surface area contributed by atoms with E-state index in [1.807, 2.05) is 20.0 Å².